The van der Waals surface area contributed by atoms with Crippen molar-refractivity contribution in [1.82, 2.24) is 14.9 Å². The molecule has 3 aromatic rings. The van der Waals surface area contributed by atoms with Crippen LogP contribution in [-0.4, -0.2) is 56.4 Å². The summed E-state index contributed by atoms with van der Waals surface area (Å²) in [5.41, 5.74) is 2.94. The summed E-state index contributed by atoms with van der Waals surface area (Å²) in [6, 6.07) is 14.9. The monoisotopic (exact) mass is 427 g/mol. The third kappa shape index (κ3) is 4.56. The van der Waals surface area contributed by atoms with Crippen LogP contribution < -0.4 is 4.74 Å². The van der Waals surface area contributed by atoms with Crippen molar-refractivity contribution in [3.63, 3.8) is 0 Å². The summed E-state index contributed by atoms with van der Waals surface area (Å²) in [4.78, 5) is 10.6. The molecule has 7 nitrogen and oxygen atoms in total. The van der Waals surface area contributed by atoms with Gasteiger partial charge in [-0.15, -0.1) is 0 Å². The maximum atomic E-state index is 11.7. The summed E-state index contributed by atoms with van der Waals surface area (Å²) < 4.78 is 34.3. The van der Waals surface area contributed by atoms with Crippen molar-refractivity contribution < 1.29 is 17.9 Å². The molecule has 158 valence electrons. The SMILES string of the molecule is COc1ccc(CN2CCOCC2c2ncc(-c3ccc(S(C)(=O)=O)cc3)[nH]2)cc1. The van der Waals surface area contributed by atoms with Crippen LogP contribution in [0.1, 0.15) is 17.4 Å². The summed E-state index contributed by atoms with van der Waals surface area (Å²) >= 11 is 0. The number of aromatic amines is 1. The van der Waals surface area contributed by atoms with Gasteiger partial charge < -0.3 is 14.5 Å². The maximum Gasteiger partial charge on any atom is 0.175 e. The molecule has 0 radical (unpaired) electrons. The third-order valence-corrected chi connectivity index (χ3v) is 6.42. The first kappa shape index (κ1) is 20.6. The van der Waals surface area contributed by atoms with E-state index < -0.39 is 9.84 Å². The zero-order valence-electron chi connectivity index (χ0n) is 17.0. The van der Waals surface area contributed by atoms with Crippen LogP contribution in [-0.2, 0) is 21.1 Å². The van der Waals surface area contributed by atoms with Gasteiger partial charge in [0.1, 0.15) is 11.6 Å². The Bertz CT molecular complexity index is 1090. The number of benzene rings is 2. The summed E-state index contributed by atoms with van der Waals surface area (Å²) in [5, 5.41) is 0. The van der Waals surface area contributed by atoms with E-state index in [4.69, 9.17) is 9.47 Å². The Hall–Kier alpha value is -2.68. The van der Waals surface area contributed by atoms with Gasteiger partial charge in [0.05, 0.1) is 43.2 Å². The second-order valence-corrected chi connectivity index (χ2v) is 9.40. The minimum atomic E-state index is -3.21. The van der Waals surface area contributed by atoms with E-state index in [1.165, 1.54) is 11.8 Å². The van der Waals surface area contributed by atoms with Gasteiger partial charge in [-0.2, -0.15) is 0 Å². The predicted octanol–water partition coefficient (Wildman–Crippen LogP) is 3.06. The lowest BCUT2D eigenvalue weighted by Crippen LogP contribution is -2.39. The fourth-order valence-corrected chi connectivity index (χ4v) is 4.21. The van der Waals surface area contributed by atoms with Crippen LogP contribution in [0.15, 0.2) is 59.6 Å². The molecule has 8 heteroatoms. The van der Waals surface area contributed by atoms with Gasteiger partial charge in [-0.25, -0.2) is 13.4 Å². The van der Waals surface area contributed by atoms with Gasteiger partial charge in [-0.1, -0.05) is 24.3 Å². The summed E-state index contributed by atoms with van der Waals surface area (Å²) in [7, 11) is -1.55. The van der Waals surface area contributed by atoms with Gasteiger partial charge in [0, 0.05) is 19.3 Å². The number of imidazole rings is 1. The molecule has 4 rings (SSSR count). The molecule has 30 heavy (non-hydrogen) atoms. The molecule has 1 unspecified atom stereocenters. The van der Waals surface area contributed by atoms with Gasteiger partial charge in [0.15, 0.2) is 9.84 Å². The molecule has 0 bridgehead atoms. The van der Waals surface area contributed by atoms with Gasteiger partial charge in [-0.3, -0.25) is 4.90 Å². The highest BCUT2D eigenvalue weighted by atomic mass is 32.2. The van der Waals surface area contributed by atoms with E-state index in [-0.39, 0.29) is 6.04 Å². The molecule has 1 aliphatic rings. The summed E-state index contributed by atoms with van der Waals surface area (Å²) in [6.45, 7) is 2.86. The van der Waals surface area contributed by atoms with Gasteiger partial charge in [0.2, 0.25) is 0 Å². The molecule has 1 atom stereocenters. The number of ether oxygens (including phenoxy) is 2. The number of sulfone groups is 1. The van der Waals surface area contributed by atoms with Crippen molar-refractivity contribution >= 4 is 9.84 Å². The predicted molar refractivity (Wildman–Crippen MR) is 114 cm³/mol. The third-order valence-electron chi connectivity index (χ3n) is 5.29. The normalized spacial score (nSPS) is 17.7. The number of morpholine rings is 1. The van der Waals surface area contributed by atoms with Crippen LogP contribution in [0.3, 0.4) is 0 Å². The molecule has 1 aromatic heterocycles. The lowest BCUT2D eigenvalue weighted by atomic mass is 10.1. The number of hydrogen-bond acceptors (Lipinski definition) is 6. The second kappa shape index (κ2) is 8.59. The highest BCUT2D eigenvalue weighted by molar-refractivity contribution is 7.90. The Balaban J connectivity index is 1.52. The van der Waals surface area contributed by atoms with Crippen molar-refractivity contribution in [1.29, 1.82) is 0 Å². The highest BCUT2D eigenvalue weighted by Gasteiger charge is 2.27. The van der Waals surface area contributed by atoms with Gasteiger partial charge >= 0.3 is 0 Å². The van der Waals surface area contributed by atoms with Crippen molar-refractivity contribution in [3.8, 4) is 17.0 Å². The molecular formula is C22H25N3O4S. The molecule has 0 amide bonds. The van der Waals surface area contributed by atoms with E-state index >= 15 is 0 Å². The Morgan fingerprint density at radius 1 is 1.17 bits per heavy atom. The van der Waals surface area contributed by atoms with E-state index in [0.29, 0.717) is 18.1 Å². The molecular weight excluding hydrogens is 402 g/mol. The van der Waals surface area contributed by atoms with E-state index in [0.717, 1.165) is 35.9 Å². The van der Waals surface area contributed by atoms with Crippen molar-refractivity contribution in [3.05, 3.63) is 66.1 Å². The zero-order valence-corrected chi connectivity index (χ0v) is 17.9. The lowest BCUT2D eigenvalue weighted by molar-refractivity contribution is -0.0156. The Morgan fingerprint density at radius 2 is 1.90 bits per heavy atom. The number of methoxy groups -OCH3 is 1. The zero-order chi connectivity index (χ0) is 21.1. The standard InChI is InChI=1S/C22H25N3O4S/c1-28-18-7-3-16(4-8-18)14-25-11-12-29-15-21(25)22-23-13-20(24-22)17-5-9-19(10-6-17)30(2,26)27/h3-10,13,21H,11-12,14-15H2,1-2H3,(H,23,24). The van der Waals surface area contributed by atoms with E-state index in [2.05, 4.69) is 27.0 Å². The smallest absolute Gasteiger partial charge is 0.175 e. The average molecular weight is 428 g/mol. The van der Waals surface area contributed by atoms with Gasteiger partial charge in [0.25, 0.3) is 0 Å². The first-order valence-corrected chi connectivity index (χ1v) is 11.6. The number of rotatable bonds is 6. The van der Waals surface area contributed by atoms with Crippen LogP contribution >= 0.6 is 0 Å². The Labute approximate surface area is 176 Å². The Kier molecular flexibility index (Phi) is 5.90. The molecule has 1 aliphatic heterocycles. The fourth-order valence-electron chi connectivity index (χ4n) is 3.58. The molecule has 0 saturated carbocycles. The van der Waals surface area contributed by atoms with Crippen molar-refractivity contribution in [2.24, 2.45) is 0 Å². The Morgan fingerprint density at radius 3 is 2.57 bits per heavy atom. The van der Waals surface area contributed by atoms with Crippen molar-refractivity contribution in [2.75, 3.05) is 33.1 Å². The van der Waals surface area contributed by atoms with E-state index in [1.54, 1.807) is 37.6 Å². The average Bonchev–Trinajstić information content (AvgIpc) is 3.24. The second-order valence-electron chi connectivity index (χ2n) is 7.39. The number of H-pyrrole nitrogens is 1. The molecule has 0 spiro atoms. The van der Waals surface area contributed by atoms with E-state index in [9.17, 15) is 8.42 Å². The number of nitrogens with zero attached hydrogens (tertiary/aromatic N) is 2. The molecule has 1 N–H and O–H groups in total. The molecule has 1 saturated heterocycles. The lowest BCUT2D eigenvalue weighted by Gasteiger charge is -2.34. The summed E-state index contributed by atoms with van der Waals surface area (Å²) in [6.07, 6.45) is 2.99. The number of nitrogens with one attached hydrogen (secondary N) is 1. The quantitative estimate of drug-likeness (QED) is 0.651. The largest absolute Gasteiger partial charge is 0.497 e. The maximum absolute atomic E-state index is 11.7. The van der Waals surface area contributed by atoms with Crippen LogP contribution in [0.4, 0.5) is 0 Å². The van der Waals surface area contributed by atoms with Crippen LogP contribution in [0.25, 0.3) is 11.3 Å². The van der Waals surface area contributed by atoms with E-state index in [1.807, 2.05) is 12.1 Å². The van der Waals surface area contributed by atoms with Crippen LogP contribution in [0.2, 0.25) is 0 Å². The minimum absolute atomic E-state index is 0.0184. The number of hydrogen-bond donors (Lipinski definition) is 1. The van der Waals surface area contributed by atoms with Crippen LogP contribution in [0.5, 0.6) is 5.75 Å². The highest BCUT2D eigenvalue weighted by Crippen LogP contribution is 2.27. The van der Waals surface area contributed by atoms with Crippen molar-refractivity contribution in [2.45, 2.75) is 17.5 Å². The molecule has 2 aromatic carbocycles. The summed E-state index contributed by atoms with van der Waals surface area (Å²) in [5.74, 6) is 1.68. The first-order valence-electron chi connectivity index (χ1n) is 9.74. The first-order chi connectivity index (χ1) is 14.4. The molecule has 0 aliphatic carbocycles. The van der Waals surface area contributed by atoms with Crippen LogP contribution in [0, 0.1) is 0 Å². The topological polar surface area (TPSA) is 84.5 Å². The van der Waals surface area contributed by atoms with Gasteiger partial charge in [-0.05, 0) is 35.4 Å². The minimum Gasteiger partial charge on any atom is -0.497 e. The fraction of sp³-hybridized carbons (Fsp3) is 0.318. The molecule has 2 heterocycles. The molecule has 1 fully saturated rings. The number of aromatic nitrogens is 2.